The van der Waals surface area contributed by atoms with Crippen molar-refractivity contribution < 1.29 is 9.53 Å². The van der Waals surface area contributed by atoms with Crippen LogP contribution in [-0.2, 0) is 0 Å². The van der Waals surface area contributed by atoms with Gasteiger partial charge in [0.15, 0.2) is 5.96 Å². The fourth-order valence-electron chi connectivity index (χ4n) is 2.53. The van der Waals surface area contributed by atoms with Crippen LogP contribution in [0.3, 0.4) is 0 Å². The first-order valence-corrected chi connectivity index (χ1v) is 8.20. The van der Waals surface area contributed by atoms with E-state index in [2.05, 4.69) is 27.4 Å². The molecule has 1 saturated heterocycles. The molecule has 0 aromatic heterocycles. The number of aliphatic imine (C=N–C) groups is 1. The van der Waals surface area contributed by atoms with E-state index in [1.807, 2.05) is 0 Å². The zero-order chi connectivity index (χ0) is 16.5. The minimum Gasteiger partial charge on any atom is -0.497 e. The van der Waals surface area contributed by atoms with E-state index in [9.17, 15) is 4.79 Å². The van der Waals surface area contributed by atoms with Gasteiger partial charge in [0.05, 0.1) is 13.7 Å². The molecule has 1 heterocycles. The van der Waals surface area contributed by atoms with E-state index >= 15 is 0 Å². The normalized spacial score (nSPS) is 14.1. The Labute approximate surface area is 161 Å². The second-order valence-electron chi connectivity index (χ2n) is 5.41. The predicted molar refractivity (Wildman–Crippen MR) is 108 cm³/mol. The van der Waals surface area contributed by atoms with E-state index in [0.29, 0.717) is 18.7 Å². The Hall–Kier alpha value is -1.51. The highest BCUT2D eigenvalue weighted by atomic mass is 127. The zero-order valence-corrected chi connectivity index (χ0v) is 16.7. The zero-order valence-electron chi connectivity index (χ0n) is 14.4. The lowest BCUT2D eigenvalue weighted by Gasteiger charge is -2.20. The van der Waals surface area contributed by atoms with E-state index in [1.54, 1.807) is 31.4 Å². The maximum Gasteiger partial charge on any atom is 0.251 e. The number of benzene rings is 1. The third-order valence-corrected chi connectivity index (χ3v) is 3.75. The highest BCUT2D eigenvalue weighted by Crippen LogP contribution is 2.11. The molecule has 2 N–H and O–H groups in total. The van der Waals surface area contributed by atoms with Crippen molar-refractivity contribution in [2.24, 2.45) is 4.99 Å². The fourth-order valence-corrected chi connectivity index (χ4v) is 2.53. The Bertz CT molecular complexity index is 528. The number of methoxy groups -OCH3 is 1. The molecule has 0 bridgehead atoms. The minimum absolute atomic E-state index is 0. The van der Waals surface area contributed by atoms with Crippen LogP contribution in [0.25, 0.3) is 0 Å². The Morgan fingerprint density at radius 1 is 1.21 bits per heavy atom. The summed E-state index contributed by atoms with van der Waals surface area (Å²) < 4.78 is 5.08. The van der Waals surface area contributed by atoms with E-state index in [4.69, 9.17) is 4.74 Å². The minimum atomic E-state index is -0.0889. The lowest BCUT2D eigenvalue weighted by atomic mass is 10.2. The van der Waals surface area contributed by atoms with Crippen LogP contribution in [0.15, 0.2) is 29.3 Å². The molecule has 6 nitrogen and oxygen atoms in total. The second-order valence-corrected chi connectivity index (χ2v) is 5.41. The SMILES string of the molecule is CCNC(=NCCNC(=O)c1ccc(OC)cc1)N1CCCC1.I. The molecule has 1 aromatic rings. The van der Waals surface area contributed by atoms with Crippen LogP contribution in [-0.4, -0.2) is 56.6 Å². The van der Waals surface area contributed by atoms with Crippen LogP contribution >= 0.6 is 24.0 Å². The van der Waals surface area contributed by atoms with Crippen molar-refractivity contribution in [2.75, 3.05) is 39.8 Å². The number of nitrogens with one attached hydrogen (secondary N) is 2. The van der Waals surface area contributed by atoms with Crippen molar-refractivity contribution in [3.63, 3.8) is 0 Å². The molecule has 0 radical (unpaired) electrons. The summed E-state index contributed by atoms with van der Waals surface area (Å²) >= 11 is 0. The number of halogens is 1. The first-order valence-electron chi connectivity index (χ1n) is 8.20. The Balaban J connectivity index is 0.00000288. The van der Waals surface area contributed by atoms with Gasteiger partial charge in [-0.05, 0) is 44.0 Å². The smallest absolute Gasteiger partial charge is 0.251 e. The summed E-state index contributed by atoms with van der Waals surface area (Å²) in [5.74, 6) is 1.60. The van der Waals surface area contributed by atoms with Gasteiger partial charge in [-0.1, -0.05) is 0 Å². The number of likely N-dealkylation sites (tertiary alicyclic amines) is 1. The third kappa shape index (κ3) is 6.18. The van der Waals surface area contributed by atoms with Gasteiger partial charge in [0, 0.05) is 31.7 Å². The molecule has 0 atom stereocenters. The molecule has 2 rings (SSSR count). The summed E-state index contributed by atoms with van der Waals surface area (Å²) in [7, 11) is 1.61. The summed E-state index contributed by atoms with van der Waals surface area (Å²) in [6.07, 6.45) is 2.44. The second kappa shape index (κ2) is 11.1. The Morgan fingerprint density at radius 3 is 2.46 bits per heavy atom. The molecule has 24 heavy (non-hydrogen) atoms. The molecule has 1 aliphatic heterocycles. The summed E-state index contributed by atoms with van der Waals surface area (Å²) in [6.45, 7) is 6.13. The fraction of sp³-hybridized carbons (Fsp3) is 0.529. The van der Waals surface area contributed by atoms with E-state index in [1.165, 1.54) is 12.8 Å². The highest BCUT2D eigenvalue weighted by Gasteiger charge is 2.15. The molecule has 134 valence electrons. The lowest BCUT2D eigenvalue weighted by molar-refractivity contribution is 0.0954. The van der Waals surface area contributed by atoms with Crippen LogP contribution in [0.2, 0.25) is 0 Å². The van der Waals surface area contributed by atoms with E-state index in [0.717, 1.165) is 31.3 Å². The Kier molecular flexibility index (Phi) is 9.51. The quantitative estimate of drug-likeness (QED) is 0.304. The van der Waals surface area contributed by atoms with Crippen molar-refractivity contribution in [2.45, 2.75) is 19.8 Å². The molecular formula is C17H27IN4O2. The van der Waals surface area contributed by atoms with Crippen LogP contribution in [0, 0.1) is 0 Å². The summed E-state index contributed by atoms with van der Waals surface area (Å²) in [6, 6.07) is 7.07. The van der Waals surface area contributed by atoms with Crippen molar-refractivity contribution >= 4 is 35.8 Å². The average Bonchev–Trinajstić information content (AvgIpc) is 3.12. The molecule has 0 aliphatic carbocycles. The van der Waals surface area contributed by atoms with Crippen molar-refractivity contribution in [1.82, 2.24) is 15.5 Å². The van der Waals surface area contributed by atoms with Crippen molar-refractivity contribution in [3.8, 4) is 5.75 Å². The lowest BCUT2D eigenvalue weighted by Crippen LogP contribution is -2.40. The number of nitrogens with zero attached hydrogens (tertiary/aromatic N) is 2. The number of carbonyl (C=O) groups is 1. The molecule has 0 unspecified atom stereocenters. The summed E-state index contributed by atoms with van der Waals surface area (Å²) in [4.78, 5) is 18.9. The van der Waals surface area contributed by atoms with E-state index < -0.39 is 0 Å². The molecule has 1 aromatic carbocycles. The van der Waals surface area contributed by atoms with Gasteiger partial charge in [-0.15, -0.1) is 24.0 Å². The number of guanidine groups is 1. The van der Waals surface area contributed by atoms with Gasteiger partial charge in [-0.3, -0.25) is 9.79 Å². The third-order valence-electron chi connectivity index (χ3n) is 3.75. The number of rotatable bonds is 6. The molecule has 7 heteroatoms. The molecular weight excluding hydrogens is 419 g/mol. The van der Waals surface area contributed by atoms with Gasteiger partial charge < -0.3 is 20.3 Å². The number of amides is 1. The van der Waals surface area contributed by atoms with Crippen molar-refractivity contribution in [1.29, 1.82) is 0 Å². The van der Waals surface area contributed by atoms with E-state index in [-0.39, 0.29) is 29.9 Å². The van der Waals surface area contributed by atoms with Gasteiger partial charge in [0.1, 0.15) is 5.75 Å². The summed E-state index contributed by atoms with van der Waals surface area (Å²) in [5.41, 5.74) is 0.626. The van der Waals surface area contributed by atoms with Crippen LogP contribution in [0.5, 0.6) is 5.75 Å². The van der Waals surface area contributed by atoms with Gasteiger partial charge in [0.25, 0.3) is 5.91 Å². The van der Waals surface area contributed by atoms with Gasteiger partial charge >= 0.3 is 0 Å². The van der Waals surface area contributed by atoms with Crippen LogP contribution in [0.4, 0.5) is 0 Å². The number of carbonyl (C=O) groups excluding carboxylic acids is 1. The summed E-state index contributed by atoms with van der Waals surface area (Å²) in [5, 5.41) is 6.20. The molecule has 0 saturated carbocycles. The topological polar surface area (TPSA) is 66.0 Å². The maximum atomic E-state index is 12.0. The number of ether oxygens (including phenoxy) is 1. The van der Waals surface area contributed by atoms with Gasteiger partial charge in [-0.25, -0.2) is 0 Å². The number of hydrogen-bond acceptors (Lipinski definition) is 3. The van der Waals surface area contributed by atoms with Gasteiger partial charge in [0.2, 0.25) is 0 Å². The largest absolute Gasteiger partial charge is 0.497 e. The molecule has 0 spiro atoms. The highest BCUT2D eigenvalue weighted by molar-refractivity contribution is 14.0. The average molecular weight is 446 g/mol. The van der Waals surface area contributed by atoms with Crippen LogP contribution < -0.4 is 15.4 Å². The molecule has 1 fully saturated rings. The molecule has 1 amide bonds. The standard InChI is InChI=1S/C17H26N4O2.HI/c1-3-18-17(21-12-4-5-13-21)20-11-10-19-16(22)14-6-8-15(23-2)9-7-14;/h6-9H,3-5,10-13H2,1-2H3,(H,18,20)(H,19,22);1H. The number of hydrogen-bond donors (Lipinski definition) is 2. The van der Waals surface area contributed by atoms with Crippen molar-refractivity contribution in [3.05, 3.63) is 29.8 Å². The van der Waals surface area contributed by atoms with Crippen LogP contribution in [0.1, 0.15) is 30.1 Å². The maximum absolute atomic E-state index is 12.0. The predicted octanol–water partition coefficient (Wildman–Crippen LogP) is 2.10. The first-order chi connectivity index (χ1) is 11.2. The van der Waals surface area contributed by atoms with Gasteiger partial charge in [-0.2, -0.15) is 0 Å². The first kappa shape index (κ1) is 20.5. The Morgan fingerprint density at radius 2 is 1.88 bits per heavy atom. The molecule has 1 aliphatic rings. The monoisotopic (exact) mass is 446 g/mol.